The van der Waals surface area contributed by atoms with Crippen molar-refractivity contribution in [2.24, 2.45) is 23.7 Å². The molecule has 0 spiro atoms. The molecule has 152 valence electrons. The minimum absolute atomic E-state index is 0.204. The van der Waals surface area contributed by atoms with Gasteiger partial charge in [-0.2, -0.15) is 0 Å². The molecular weight excluding hydrogens is 364 g/mol. The fraction of sp³-hybridized carbons (Fsp3) is 0.440. The van der Waals surface area contributed by atoms with Crippen LogP contribution in [0, 0.1) is 51.4 Å². The highest BCUT2D eigenvalue weighted by atomic mass is 16.5. The summed E-state index contributed by atoms with van der Waals surface area (Å²) in [5.41, 5.74) is 4.19. The van der Waals surface area contributed by atoms with Gasteiger partial charge in [-0.05, 0) is 105 Å². The van der Waals surface area contributed by atoms with Crippen molar-refractivity contribution in [3.8, 4) is 11.5 Å². The number of rotatable bonds is 4. The maximum Gasteiger partial charge on any atom is 0.315 e. The maximum absolute atomic E-state index is 13.1. The molecule has 0 heterocycles. The van der Waals surface area contributed by atoms with Gasteiger partial charge in [0.2, 0.25) is 0 Å². The van der Waals surface area contributed by atoms with Gasteiger partial charge in [-0.25, -0.2) is 0 Å². The van der Waals surface area contributed by atoms with Gasteiger partial charge in [0, 0.05) is 0 Å². The SMILES string of the molecule is Cc1cc(C)cc(OC(=O)C2C3CCC(C3)C2C(=O)Oc2cc(C)cc(C)c2)c1. The molecule has 4 rings (SSSR count). The van der Waals surface area contributed by atoms with Crippen LogP contribution in [0.1, 0.15) is 41.5 Å². The Morgan fingerprint density at radius 3 is 1.34 bits per heavy atom. The van der Waals surface area contributed by atoms with E-state index in [0.29, 0.717) is 11.5 Å². The second kappa shape index (κ2) is 7.66. The Kier molecular flexibility index (Phi) is 5.20. The van der Waals surface area contributed by atoms with E-state index >= 15 is 0 Å². The van der Waals surface area contributed by atoms with Gasteiger partial charge in [0.1, 0.15) is 11.5 Å². The van der Waals surface area contributed by atoms with Crippen molar-refractivity contribution in [2.45, 2.75) is 47.0 Å². The van der Waals surface area contributed by atoms with E-state index in [2.05, 4.69) is 0 Å². The first-order valence-corrected chi connectivity index (χ1v) is 10.4. The summed E-state index contributed by atoms with van der Waals surface area (Å²) in [5.74, 6) is 0.0638. The van der Waals surface area contributed by atoms with E-state index in [1.807, 2.05) is 64.1 Å². The molecule has 2 aliphatic carbocycles. The second-order valence-corrected chi connectivity index (χ2v) is 8.87. The number of hydrogen-bond acceptors (Lipinski definition) is 4. The predicted molar refractivity (Wildman–Crippen MR) is 111 cm³/mol. The van der Waals surface area contributed by atoms with Gasteiger partial charge in [0.15, 0.2) is 0 Å². The summed E-state index contributed by atoms with van der Waals surface area (Å²) in [7, 11) is 0. The highest BCUT2D eigenvalue weighted by molar-refractivity contribution is 5.86. The maximum atomic E-state index is 13.1. The number of hydrogen-bond donors (Lipinski definition) is 0. The standard InChI is InChI=1S/C25H28O4/c1-14-7-15(2)10-20(9-14)28-24(26)22-18-5-6-19(13-18)23(22)25(27)29-21-11-16(3)8-17(4)12-21/h7-12,18-19,22-23H,5-6,13H2,1-4H3. The largest absolute Gasteiger partial charge is 0.426 e. The molecule has 0 N–H and O–H groups in total. The normalized spacial score (nSPS) is 25.1. The molecule has 4 heteroatoms. The van der Waals surface area contributed by atoms with Crippen LogP contribution < -0.4 is 9.47 Å². The second-order valence-electron chi connectivity index (χ2n) is 8.87. The van der Waals surface area contributed by atoms with Gasteiger partial charge in [0.05, 0.1) is 11.8 Å². The van der Waals surface area contributed by atoms with E-state index in [1.54, 1.807) is 0 Å². The number of carbonyl (C=O) groups is 2. The zero-order valence-electron chi connectivity index (χ0n) is 17.5. The topological polar surface area (TPSA) is 52.6 Å². The summed E-state index contributed by atoms with van der Waals surface area (Å²) in [5, 5.41) is 0. The van der Waals surface area contributed by atoms with Crippen LogP contribution in [0.2, 0.25) is 0 Å². The number of carbonyl (C=O) groups excluding carboxylic acids is 2. The molecule has 2 aliphatic rings. The van der Waals surface area contributed by atoms with Crippen molar-refractivity contribution in [2.75, 3.05) is 0 Å². The third kappa shape index (κ3) is 4.07. The number of fused-ring (bicyclic) bond motifs is 2. The van der Waals surface area contributed by atoms with Crippen LogP contribution in [-0.4, -0.2) is 11.9 Å². The molecule has 0 radical (unpaired) electrons. The fourth-order valence-electron chi connectivity index (χ4n) is 5.32. The van der Waals surface area contributed by atoms with E-state index in [9.17, 15) is 9.59 Å². The smallest absolute Gasteiger partial charge is 0.315 e. The molecule has 0 aliphatic heterocycles. The van der Waals surface area contributed by atoms with Gasteiger partial charge in [-0.3, -0.25) is 9.59 Å². The average molecular weight is 392 g/mol. The van der Waals surface area contributed by atoms with Crippen molar-refractivity contribution in [1.29, 1.82) is 0 Å². The van der Waals surface area contributed by atoms with E-state index in [-0.39, 0.29) is 23.8 Å². The monoisotopic (exact) mass is 392 g/mol. The van der Waals surface area contributed by atoms with Crippen molar-refractivity contribution < 1.29 is 19.1 Å². The predicted octanol–water partition coefficient (Wildman–Crippen LogP) is 5.09. The number of esters is 2. The summed E-state index contributed by atoms with van der Waals surface area (Å²) in [6.07, 6.45) is 2.86. The summed E-state index contributed by atoms with van der Waals surface area (Å²) in [4.78, 5) is 26.1. The van der Waals surface area contributed by atoms with Gasteiger partial charge in [-0.15, -0.1) is 0 Å². The molecule has 2 aromatic rings. The lowest BCUT2D eigenvalue weighted by atomic mass is 9.79. The third-order valence-corrected chi connectivity index (χ3v) is 6.29. The Morgan fingerprint density at radius 2 is 1.00 bits per heavy atom. The first-order chi connectivity index (χ1) is 13.8. The first kappa shape index (κ1) is 19.7. The lowest BCUT2D eigenvalue weighted by molar-refractivity contribution is -0.152. The lowest BCUT2D eigenvalue weighted by Gasteiger charge is -2.27. The van der Waals surface area contributed by atoms with Crippen LogP contribution in [0.15, 0.2) is 36.4 Å². The minimum Gasteiger partial charge on any atom is -0.426 e. The molecule has 2 saturated carbocycles. The van der Waals surface area contributed by atoms with Crippen LogP contribution in [0.25, 0.3) is 0 Å². The highest BCUT2D eigenvalue weighted by Crippen LogP contribution is 2.53. The molecule has 29 heavy (non-hydrogen) atoms. The van der Waals surface area contributed by atoms with Gasteiger partial charge >= 0.3 is 11.9 Å². The molecule has 2 fully saturated rings. The Morgan fingerprint density at radius 1 is 0.655 bits per heavy atom. The van der Waals surface area contributed by atoms with Crippen molar-refractivity contribution in [3.05, 3.63) is 58.7 Å². The Hall–Kier alpha value is -2.62. The van der Waals surface area contributed by atoms with Gasteiger partial charge in [-0.1, -0.05) is 12.1 Å². The van der Waals surface area contributed by atoms with Crippen LogP contribution in [0.5, 0.6) is 11.5 Å². The zero-order chi connectivity index (χ0) is 20.7. The molecular formula is C25H28O4. The Labute approximate surface area is 172 Å². The summed E-state index contributed by atoms with van der Waals surface area (Å²) >= 11 is 0. The van der Waals surface area contributed by atoms with Crippen LogP contribution >= 0.6 is 0 Å². The summed E-state index contributed by atoms with van der Waals surface area (Å²) < 4.78 is 11.5. The van der Waals surface area contributed by atoms with Gasteiger partial charge in [0.25, 0.3) is 0 Å². The van der Waals surface area contributed by atoms with Crippen LogP contribution in [-0.2, 0) is 9.59 Å². The van der Waals surface area contributed by atoms with Crippen molar-refractivity contribution in [3.63, 3.8) is 0 Å². The Balaban J connectivity index is 1.53. The molecule has 4 atom stereocenters. The number of ether oxygens (including phenoxy) is 2. The molecule has 0 amide bonds. The number of aryl methyl sites for hydroxylation is 4. The Bertz CT molecular complexity index is 843. The lowest BCUT2D eigenvalue weighted by Crippen LogP contribution is -2.39. The van der Waals surface area contributed by atoms with Crippen molar-refractivity contribution in [1.82, 2.24) is 0 Å². The average Bonchev–Trinajstić information content (AvgIpc) is 3.21. The fourth-order valence-corrected chi connectivity index (χ4v) is 5.32. The van der Waals surface area contributed by atoms with E-state index in [4.69, 9.17) is 9.47 Å². The summed E-state index contributed by atoms with van der Waals surface area (Å²) in [6, 6.07) is 11.5. The highest BCUT2D eigenvalue weighted by Gasteiger charge is 2.55. The molecule has 4 nitrogen and oxygen atoms in total. The molecule has 2 bridgehead atoms. The van der Waals surface area contributed by atoms with Gasteiger partial charge < -0.3 is 9.47 Å². The van der Waals surface area contributed by atoms with Crippen LogP contribution in [0.4, 0.5) is 0 Å². The number of benzene rings is 2. The summed E-state index contributed by atoms with van der Waals surface area (Å²) in [6.45, 7) is 7.91. The quantitative estimate of drug-likeness (QED) is 0.537. The molecule has 0 saturated heterocycles. The van der Waals surface area contributed by atoms with E-state index < -0.39 is 11.8 Å². The molecule has 0 aromatic heterocycles. The molecule has 2 aromatic carbocycles. The van der Waals surface area contributed by atoms with Crippen LogP contribution in [0.3, 0.4) is 0 Å². The minimum atomic E-state index is -0.423. The molecule has 4 unspecified atom stereocenters. The zero-order valence-corrected chi connectivity index (χ0v) is 17.5. The first-order valence-electron chi connectivity index (χ1n) is 10.4. The van der Waals surface area contributed by atoms with Crippen molar-refractivity contribution >= 4 is 11.9 Å². The van der Waals surface area contributed by atoms with E-state index in [0.717, 1.165) is 41.5 Å². The van der Waals surface area contributed by atoms with E-state index in [1.165, 1.54) is 0 Å². The third-order valence-electron chi connectivity index (χ3n) is 6.29.